The SMILES string of the molecule is Cc1ccccc1Cc1cc2cnc(NC3(CO)CCCCC3)nc2n(C)c1=O. The first kappa shape index (κ1) is 19.6. The molecule has 1 aromatic carbocycles. The molecule has 152 valence electrons. The summed E-state index contributed by atoms with van der Waals surface area (Å²) in [5.41, 5.74) is 3.25. The van der Waals surface area contributed by atoms with Crippen molar-refractivity contribution < 1.29 is 5.11 Å². The van der Waals surface area contributed by atoms with Crippen LogP contribution in [0.5, 0.6) is 0 Å². The lowest BCUT2D eigenvalue weighted by Gasteiger charge is -2.36. The Labute approximate surface area is 170 Å². The van der Waals surface area contributed by atoms with E-state index in [2.05, 4.69) is 34.3 Å². The summed E-state index contributed by atoms with van der Waals surface area (Å²) in [6.45, 7) is 2.12. The molecule has 29 heavy (non-hydrogen) atoms. The zero-order valence-corrected chi connectivity index (χ0v) is 17.1. The molecule has 0 spiro atoms. The number of rotatable bonds is 5. The Balaban J connectivity index is 1.68. The molecule has 0 amide bonds. The van der Waals surface area contributed by atoms with Gasteiger partial charge in [-0.25, -0.2) is 4.98 Å². The van der Waals surface area contributed by atoms with Crippen LogP contribution in [0.1, 0.15) is 48.8 Å². The zero-order chi connectivity index (χ0) is 20.4. The number of pyridine rings is 1. The molecular weight excluding hydrogens is 364 g/mol. The van der Waals surface area contributed by atoms with Crippen LogP contribution < -0.4 is 10.9 Å². The number of aryl methyl sites for hydroxylation is 2. The highest BCUT2D eigenvalue weighted by atomic mass is 16.3. The standard InChI is InChI=1S/C23H28N4O2/c1-16-8-4-5-9-17(16)12-18-13-19-14-24-22(25-20(19)27(2)21(18)29)26-23(15-28)10-6-3-7-11-23/h4-5,8-9,13-14,28H,3,6-7,10-12,15H2,1-2H3,(H,24,25,26). The van der Waals surface area contributed by atoms with Gasteiger partial charge in [-0.3, -0.25) is 9.36 Å². The summed E-state index contributed by atoms with van der Waals surface area (Å²) in [6, 6.07) is 10.0. The molecule has 1 aliphatic carbocycles. The van der Waals surface area contributed by atoms with Gasteiger partial charge in [-0.05, 0) is 37.0 Å². The quantitative estimate of drug-likeness (QED) is 0.696. The molecule has 1 saturated carbocycles. The number of benzene rings is 1. The smallest absolute Gasteiger partial charge is 0.255 e. The predicted molar refractivity (Wildman–Crippen MR) is 115 cm³/mol. The van der Waals surface area contributed by atoms with Crippen molar-refractivity contribution >= 4 is 17.0 Å². The Bertz CT molecular complexity index is 1080. The Morgan fingerprint density at radius 2 is 1.93 bits per heavy atom. The Morgan fingerprint density at radius 3 is 2.66 bits per heavy atom. The van der Waals surface area contributed by atoms with Crippen molar-refractivity contribution in [3.8, 4) is 0 Å². The van der Waals surface area contributed by atoms with Crippen LogP contribution >= 0.6 is 0 Å². The zero-order valence-electron chi connectivity index (χ0n) is 17.1. The molecule has 6 nitrogen and oxygen atoms in total. The molecule has 0 unspecified atom stereocenters. The van der Waals surface area contributed by atoms with E-state index in [1.54, 1.807) is 17.8 Å². The number of hydrogen-bond donors (Lipinski definition) is 2. The average molecular weight is 393 g/mol. The summed E-state index contributed by atoms with van der Waals surface area (Å²) in [7, 11) is 1.76. The van der Waals surface area contributed by atoms with E-state index >= 15 is 0 Å². The van der Waals surface area contributed by atoms with Crippen molar-refractivity contribution in [3.63, 3.8) is 0 Å². The van der Waals surface area contributed by atoms with Gasteiger partial charge in [0.2, 0.25) is 5.95 Å². The fraction of sp³-hybridized carbons (Fsp3) is 0.435. The van der Waals surface area contributed by atoms with Crippen molar-refractivity contribution in [2.24, 2.45) is 7.05 Å². The summed E-state index contributed by atoms with van der Waals surface area (Å²) in [5.74, 6) is 0.468. The van der Waals surface area contributed by atoms with Gasteiger partial charge in [0.25, 0.3) is 5.56 Å². The number of aliphatic hydroxyl groups is 1. The number of fused-ring (bicyclic) bond motifs is 1. The molecule has 2 N–H and O–H groups in total. The van der Waals surface area contributed by atoms with E-state index in [1.165, 1.54) is 12.0 Å². The van der Waals surface area contributed by atoms with Gasteiger partial charge in [-0.15, -0.1) is 0 Å². The molecule has 0 aliphatic heterocycles. The highest BCUT2D eigenvalue weighted by Gasteiger charge is 2.32. The summed E-state index contributed by atoms with van der Waals surface area (Å²) >= 11 is 0. The van der Waals surface area contributed by atoms with Crippen LogP contribution in [0.2, 0.25) is 0 Å². The maximum absolute atomic E-state index is 13.0. The van der Waals surface area contributed by atoms with Crippen molar-refractivity contribution in [2.45, 2.75) is 51.0 Å². The number of hydrogen-bond acceptors (Lipinski definition) is 5. The van der Waals surface area contributed by atoms with Crippen LogP contribution in [-0.4, -0.2) is 31.8 Å². The summed E-state index contributed by atoms with van der Waals surface area (Å²) in [6.07, 6.45) is 7.52. The Morgan fingerprint density at radius 1 is 1.17 bits per heavy atom. The van der Waals surface area contributed by atoms with Gasteiger partial charge in [0.1, 0.15) is 5.65 Å². The van der Waals surface area contributed by atoms with Crippen LogP contribution in [0.3, 0.4) is 0 Å². The second-order valence-electron chi connectivity index (χ2n) is 8.23. The van der Waals surface area contributed by atoms with E-state index < -0.39 is 0 Å². The fourth-order valence-electron chi connectivity index (χ4n) is 4.30. The fourth-order valence-corrected chi connectivity index (χ4v) is 4.30. The van der Waals surface area contributed by atoms with Crippen molar-refractivity contribution in [3.05, 3.63) is 63.6 Å². The van der Waals surface area contributed by atoms with E-state index in [4.69, 9.17) is 0 Å². The normalized spacial score (nSPS) is 16.1. The van der Waals surface area contributed by atoms with Gasteiger partial charge >= 0.3 is 0 Å². The van der Waals surface area contributed by atoms with Crippen LogP contribution in [-0.2, 0) is 13.5 Å². The highest BCUT2D eigenvalue weighted by molar-refractivity contribution is 5.76. The molecule has 3 aromatic rings. The summed E-state index contributed by atoms with van der Waals surface area (Å²) in [5, 5.41) is 14.1. The van der Waals surface area contributed by atoms with Gasteiger partial charge in [-0.2, -0.15) is 4.98 Å². The van der Waals surface area contributed by atoms with E-state index in [9.17, 15) is 9.90 Å². The first-order valence-corrected chi connectivity index (χ1v) is 10.3. The van der Waals surface area contributed by atoms with Crippen LogP contribution in [0.15, 0.2) is 41.3 Å². The molecule has 0 bridgehead atoms. The first-order chi connectivity index (χ1) is 14.0. The third kappa shape index (κ3) is 3.90. The predicted octanol–water partition coefficient (Wildman–Crippen LogP) is 3.33. The maximum atomic E-state index is 13.0. The van der Waals surface area contributed by atoms with Gasteiger partial charge in [0.15, 0.2) is 0 Å². The van der Waals surface area contributed by atoms with Crippen LogP contribution in [0.25, 0.3) is 11.0 Å². The number of aliphatic hydroxyl groups excluding tert-OH is 1. The molecule has 0 saturated heterocycles. The van der Waals surface area contributed by atoms with Crippen LogP contribution in [0.4, 0.5) is 5.95 Å². The number of anilines is 1. The van der Waals surface area contributed by atoms with Crippen molar-refractivity contribution in [1.82, 2.24) is 14.5 Å². The highest BCUT2D eigenvalue weighted by Crippen LogP contribution is 2.30. The molecule has 2 heterocycles. The van der Waals surface area contributed by atoms with Gasteiger partial charge in [-0.1, -0.05) is 43.5 Å². The molecule has 1 aliphatic rings. The second kappa shape index (κ2) is 7.95. The molecule has 1 fully saturated rings. The minimum Gasteiger partial charge on any atom is -0.394 e. The number of aromatic nitrogens is 3. The minimum absolute atomic E-state index is 0.0417. The number of nitrogens with one attached hydrogen (secondary N) is 1. The van der Waals surface area contributed by atoms with E-state index in [1.807, 2.05) is 18.2 Å². The topological polar surface area (TPSA) is 80.0 Å². The molecule has 0 radical (unpaired) electrons. The lowest BCUT2D eigenvalue weighted by Crippen LogP contribution is -2.44. The van der Waals surface area contributed by atoms with Crippen LogP contribution in [0, 0.1) is 6.92 Å². The molecule has 4 rings (SSSR count). The number of nitrogens with zero attached hydrogens (tertiary/aromatic N) is 3. The Hall–Kier alpha value is -2.73. The largest absolute Gasteiger partial charge is 0.394 e. The second-order valence-corrected chi connectivity index (χ2v) is 8.23. The van der Waals surface area contributed by atoms with Gasteiger partial charge in [0.05, 0.1) is 12.1 Å². The monoisotopic (exact) mass is 392 g/mol. The summed E-state index contributed by atoms with van der Waals surface area (Å²) < 4.78 is 1.60. The van der Waals surface area contributed by atoms with Gasteiger partial charge < -0.3 is 10.4 Å². The van der Waals surface area contributed by atoms with E-state index in [-0.39, 0.29) is 17.7 Å². The first-order valence-electron chi connectivity index (χ1n) is 10.3. The summed E-state index contributed by atoms with van der Waals surface area (Å²) in [4.78, 5) is 22.1. The van der Waals surface area contributed by atoms with Crippen molar-refractivity contribution in [1.29, 1.82) is 0 Å². The molecule has 2 aromatic heterocycles. The lowest BCUT2D eigenvalue weighted by molar-refractivity contribution is 0.172. The third-order valence-electron chi connectivity index (χ3n) is 6.16. The maximum Gasteiger partial charge on any atom is 0.255 e. The average Bonchev–Trinajstić information content (AvgIpc) is 2.74. The van der Waals surface area contributed by atoms with Crippen molar-refractivity contribution in [2.75, 3.05) is 11.9 Å². The Kier molecular flexibility index (Phi) is 5.37. The molecule has 0 atom stereocenters. The van der Waals surface area contributed by atoms with Gasteiger partial charge in [0, 0.05) is 30.6 Å². The molecule has 6 heteroatoms. The van der Waals surface area contributed by atoms with E-state index in [0.717, 1.165) is 42.2 Å². The third-order valence-corrected chi connectivity index (χ3v) is 6.16. The van der Waals surface area contributed by atoms with E-state index in [0.29, 0.717) is 18.0 Å². The molecular formula is C23H28N4O2. The lowest BCUT2D eigenvalue weighted by atomic mass is 9.82. The minimum atomic E-state index is -0.366.